The van der Waals surface area contributed by atoms with Crippen molar-refractivity contribution in [3.63, 3.8) is 0 Å². The van der Waals surface area contributed by atoms with Gasteiger partial charge in [0, 0.05) is 12.1 Å². The second-order valence-electron chi connectivity index (χ2n) is 8.84. The number of carbonyl (C=O) groups excluding carboxylic acids is 2. The number of carbonyl (C=O) groups is 2. The summed E-state index contributed by atoms with van der Waals surface area (Å²) in [5, 5.41) is 5.91. The molecule has 0 aliphatic heterocycles. The van der Waals surface area contributed by atoms with E-state index in [4.69, 9.17) is 9.47 Å². The van der Waals surface area contributed by atoms with E-state index < -0.39 is 0 Å². The molecule has 0 saturated carbocycles. The van der Waals surface area contributed by atoms with Gasteiger partial charge in [0.2, 0.25) is 0 Å². The van der Waals surface area contributed by atoms with E-state index in [2.05, 4.69) is 22.8 Å². The van der Waals surface area contributed by atoms with Crippen LogP contribution in [0.15, 0.2) is 97.1 Å². The van der Waals surface area contributed by atoms with Gasteiger partial charge in [-0.1, -0.05) is 66.7 Å². The number of nitrogens with one attached hydrogen (secondary N) is 2. The molecule has 0 unspecified atom stereocenters. The topological polar surface area (TPSA) is 76.7 Å². The molecule has 0 aliphatic rings. The van der Waals surface area contributed by atoms with E-state index in [0.29, 0.717) is 41.3 Å². The third kappa shape index (κ3) is 6.79. The van der Waals surface area contributed by atoms with Gasteiger partial charge in [-0.25, -0.2) is 0 Å². The van der Waals surface area contributed by atoms with Crippen molar-refractivity contribution in [2.24, 2.45) is 0 Å². The lowest BCUT2D eigenvalue weighted by atomic mass is 9.99. The molecule has 0 atom stereocenters. The van der Waals surface area contributed by atoms with Gasteiger partial charge in [0.05, 0.1) is 25.5 Å². The number of amides is 2. The molecule has 6 heteroatoms. The van der Waals surface area contributed by atoms with E-state index in [1.165, 1.54) is 5.56 Å². The van der Waals surface area contributed by atoms with Crippen molar-refractivity contribution < 1.29 is 19.1 Å². The highest BCUT2D eigenvalue weighted by Crippen LogP contribution is 2.27. The Labute approximate surface area is 223 Å². The molecule has 2 N–H and O–H groups in total. The van der Waals surface area contributed by atoms with Crippen molar-refractivity contribution in [1.29, 1.82) is 0 Å². The predicted molar refractivity (Wildman–Crippen MR) is 150 cm³/mol. The molecule has 2 amide bonds. The Morgan fingerprint density at radius 3 is 2.08 bits per heavy atom. The monoisotopic (exact) mass is 508 g/mol. The van der Waals surface area contributed by atoms with E-state index in [1.807, 2.05) is 60.7 Å². The number of benzene rings is 4. The van der Waals surface area contributed by atoms with Crippen LogP contribution in [0.25, 0.3) is 0 Å². The molecule has 194 valence electrons. The van der Waals surface area contributed by atoms with Gasteiger partial charge in [0.15, 0.2) is 11.5 Å². The minimum atomic E-state index is -0.251. The molecule has 4 rings (SSSR count). The summed E-state index contributed by atoms with van der Waals surface area (Å²) in [6.45, 7) is 0.429. The SMILES string of the molecule is COc1ccc(CCNC(=O)c2ccccc2NC(=O)c2ccccc2CCc2ccccc2)cc1OC. The van der Waals surface area contributed by atoms with Crippen LogP contribution in [0.1, 0.15) is 37.4 Å². The van der Waals surface area contributed by atoms with Crippen LogP contribution in [0, 0.1) is 0 Å². The number of anilines is 1. The van der Waals surface area contributed by atoms with Crippen LogP contribution in [0.5, 0.6) is 11.5 Å². The summed E-state index contributed by atoms with van der Waals surface area (Å²) in [6.07, 6.45) is 2.20. The predicted octanol–water partition coefficient (Wildman–Crippen LogP) is 5.71. The van der Waals surface area contributed by atoms with Crippen LogP contribution in [0.2, 0.25) is 0 Å². The first-order valence-electron chi connectivity index (χ1n) is 12.6. The number of rotatable bonds is 11. The molecule has 6 nitrogen and oxygen atoms in total. The number of ether oxygens (including phenoxy) is 2. The van der Waals surface area contributed by atoms with E-state index in [1.54, 1.807) is 38.5 Å². The third-order valence-corrected chi connectivity index (χ3v) is 6.35. The number of hydrogen-bond acceptors (Lipinski definition) is 4. The van der Waals surface area contributed by atoms with Gasteiger partial charge in [0.25, 0.3) is 11.8 Å². The van der Waals surface area contributed by atoms with Gasteiger partial charge in [-0.3, -0.25) is 9.59 Å². The van der Waals surface area contributed by atoms with Gasteiger partial charge in [0.1, 0.15) is 0 Å². The standard InChI is InChI=1S/C32H32N2O4/c1-37-29-19-17-24(22-30(29)38-2)20-21-33-31(35)27-14-8-9-15-28(27)34-32(36)26-13-7-6-12-25(26)18-16-23-10-4-3-5-11-23/h3-15,17,19,22H,16,18,20-21H2,1-2H3,(H,33,35)(H,34,36). The van der Waals surface area contributed by atoms with Crippen molar-refractivity contribution in [2.75, 3.05) is 26.1 Å². The second-order valence-corrected chi connectivity index (χ2v) is 8.84. The fourth-order valence-electron chi connectivity index (χ4n) is 4.32. The highest BCUT2D eigenvalue weighted by Gasteiger charge is 2.16. The molecule has 0 radical (unpaired) electrons. The molecule has 0 saturated heterocycles. The van der Waals surface area contributed by atoms with Crippen LogP contribution in [0.3, 0.4) is 0 Å². The van der Waals surface area contributed by atoms with Gasteiger partial charge in [-0.05, 0) is 66.3 Å². The normalized spacial score (nSPS) is 10.5. The van der Waals surface area contributed by atoms with Gasteiger partial charge >= 0.3 is 0 Å². The van der Waals surface area contributed by atoms with Gasteiger partial charge < -0.3 is 20.1 Å². The molecule has 0 heterocycles. The Kier molecular flexibility index (Phi) is 9.13. The summed E-state index contributed by atoms with van der Waals surface area (Å²) < 4.78 is 10.6. The van der Waals surface area contributed by atoms with Crippen LogP contribution >= 0.6 is 0 Å². The Hall–Kier alpha value is -4.58. The highest BCUT2D eigenvalue weighted by molar-refractivity contribution is 6.09. The molecule has 0 fully saturated rings. The van der Waals surface area contributed by atoms with E-state index in [9.17, 15) is 9.59 Å². The van der Waals surface area contributed by atoms with Crippen LogP contribution in [-0.4, -0.2) is 32.6 Å². The Bertz CT molecular complexity index is 1390. The van der Waals surface area contributed by atoms with Gasteiger partial charge in [-0.2, -0.15) is 0 Å². The summed E-state index contributed by atoms with van der Waals surface area (Å²) in [4.78, 5) is 26.3. The average Bonchev–Trinajstić information content (AvgIpc) is 2.96. The van der Waals surface area contributed by atoms with Crippen LogP contribution in [0.4, 0.5) is 5.69 Å². The molecule has 4 aromatic rings. The largest absolute Gasteiger partial charge is 0.493 e. The molecule has 0 spiro atoms. The van der Waals surface area contributed by atoms with Crippen molar-refractivity contribution in [2.45, 2.75) is 19.3 Å². The zero-order valence-corrected chi connectivity index (χ0v) is 21.7. The molecule has 0 bridgehead atoms. The molecular weight excluding hydrogens is 476 g/mol. The van der Waals surface area contributed by atoms with E-state index in [0.717, 1.165) is 24.0 Å². The summed E-state index contributed by atoms with van der Waals surface area (Å²) in [5.41, 5.74) is 4.68. The zero-order chi connectivity index (χ0) is 26.7. The van der Waals surface area contributed by atoms with Crippen LogP contribution in [-0.2, 0) is 19.3 Å². The highest BCUT2D eigenvalue weighted by atomic mass is 16.5. The number of aryl methyl sites for hydroxylation is 2. The minimum Gasteiger partial charge on any atom is -0.493 e. The maximum atomic E-state index is 13.3. The van der Waals surface area contributed by atoms with Crippen molar-refractivity contribution >= 4 is 17.5 Å². The maximum Gasteiger partial charge on any atom is 0.255 e. The van der Waals surface area contributed by atoms with Crippen LogP contribution < -0.4 is 20.1 Å². The fraction of sp³-hybridized carbons (Fsp3) is 0.188. The molecule has 38 heavy (non-hydrogen) atoms. The summed E-state index contributed by atoms with van der Waals surface area (Å²) >= 11 is 0. The zero-order valence-electron chi connectivity index (χ0n) is 21.7. The summed E-state index contributed by atoms with van der Waals surface area (Å²) in [6, 6.07) is 30.5. The first-order chi connectivity index (χ1) is 18.6. The summed E-state index contributed by atoms with van der Waals surface area (Å²) in [7, 11) is 3.19. The van der Waals surface area contributed by atoms with Crippen molar-refractivity contribution in [1.82, 2.24) is 5.32 Å². The molecule has 0 aromatic heterocycles. The van der Waals surface area contributed by atoms with Gasteiger partial charge in [-0.15, -0.1) is 0 Å². The fourth-order valence-corrected chi connectivity index (χ4v) is 4.32. The molecular formula is C32H32N2O4. The Morgan fingerprint density at radius 1 is 0.632 bits per heavy atom. The van der Waals surface area contributed by atoms with Crippen molar-refractivity contribution in [3.05, 3.63) is 125 Å². The second kappa shape index (κ2) is 13.1. The van der Waals surface area contributed by atoms with E-state index in [-0.39, 0.29) is 11.8 Å². The Balaban J connectivity index is 1.40. The smallest absolute Gasteiger partial charge is 0.255 e. The lowest BCUT2D eigenvalue weighted by Crippen LogP contribution is -2.27. The minimum absolute atomic E-state index is 0.237. The lowest BCUT2D eigenvalue weighted by molar-refractivity contribution is 0.0955. The van der Waals surface area contributed by atoms with E-state index >= 15 is 0 Å². The average molecular weight is 509 g/mol. The first-order valence-corrected chi connectivity index (χ1v) is 12.6. The number of hydrogen-bond donors (Lipinski definition) is 2. The first kappa shape index (κ1) is 26.5. The van der Waals surface area contributed by atoms with Crippen molar-refractivity contribution in [3.8, 4) is 11.5 Å². The number of methoxy groups -OCH3 is 2. The maximum absolute atomic E-state index is 13.3. The molecule has 4 aromatic carbocycles. The molecule has 0 aliphatic carbocycles. The Morgan fingerprint density at radius 2 is 1.32 bits per heavy atom. The third-order valence-electron chi connectivity index (χ3n) is 6.35. The summed E-state index contributed by atoms with van der Waals surface area (Å²) in [5.74, 6) is 0.818. The number of para-hydroxylation sites is 1. The quantitative estimate of drug-likeness (QED) is 0.272. The lowest BCUT2D eigenvalue weighted by Gasteiger charge is -2.14.